The summed E-state index contributed by atoms with van der Waals surface area (Å²) in [5.41, 5.74) is 2.65. The van der Waals surface area contributed by atoms with Crippen LogP contribution >= 0.6 is 0 Å². The second-order valence-electron chi connectivity index (χ2n) is 11.5. The van der Waals surface area contributed by atoms with Gasteiger partial charge in [-0.25, -0.2) is 0 Å². The number of nitrogens with one attached hydrogen (secondary N) is 1. The molecule has 0 bridgehead atoms. The van der Waals surface area contributed by atoms with E-state index in [9.17, 15) is 19.5 Å². The van der Waals surface area contributed by atoms with Crippen molar-refractivity contribution in [3.8, 4) is 0 Å². The maximum absolute atomic E-state index is 13.8. The second kappa shape index (κ2) is 20.6. The quantitative estimate of drug-likeness (QED) is 0.112. The lowest BCUT2D eigenvalue weighted by Crippen LogP contribution is -2.47. The Bertz CT molecular complexity index is 1380. The van der Waals surface area contributed by atoms with Crippen molar-refractivity contribution in [2.45, 2.75) is 50.8 Å². The normalized spacial score (nSPS) is 13.4. The van der Waals surface area contributed by atoms with Gasteiger partial charge in [0, 0.05) is 26.6 Å². The minimum absolute atomic E-state index is 0.0635. The van der Waals surface area contributed by atoms with Crippen molar-refractivity contribution in [2.24, 2.45) is 11.8 Å². The molecule has 0 heterocycles. The molecule has 0 aliphatic rings. The van der Waals surface area contributed by atoms with Crippen molar-refractivity contribution >= 4 is 17.8 Å². The lowest BCUT2D eigenvalue weighted by molar-refractivity contribution is -0.158. The summed E-state index contributed by atoms with van der Waals surface area (Å²) < 4.78 is 11.8. The number of allylic oxidation sites excluding steroid dienone is 2. The molecule has 0 saturated heterocycles. The lowest BCUT2D eigenvalue weighted by atomic mass is 9.94. The van der Waals surface area contributed by atoms with Crippen molar-refractivity contribution in [1.82, 2.24) is 10.2 Å². The van der Waals surface area contributed by atoms with E-state index in [4.69, 9.17) is 9.47 Å². The van der Waals surface area contributed by atoms with Gasteiger partial charge in [0.15, 0.2) is 0 Å². The molecule has 47 heavy (non-hydrogen) atoms. The van der Waals surface area contributed by atoms with E-state index in [1.807, 2.05) is 91.0 Å². The number of hydrogen-bond donors (Lipinski definition) is 2. The van der Waals surface area contributed by atoms with E-state index < -0.39 is 24.0 Å². The van der Waals surface area contributed by atoms with Crippen LogP contribution in [-0.2, 0) is 36.8 Å². The third kappa shape index (κ3) is 12.3. The highest BCUT2D eigenvalue weighted by Crippen LogP contribution is 2.27. The average molecular weight is 641 g/mol. The third-order valence-corrected chi connectivity index (χ3v) is 7.97. The van der Waals surface area contributed by atoms with Crippen LogP contribution in [0.25, 0.3) is 0 Å². The van der Waals surface area contributed by atoms with Gasteiger partial charge in [-0.1, -0.05) is 103 Å². The number of carbonyl (C=O) groups is 3. The summed E-state index contributed by atoms with van der Waals surface area (Å²) >= 11 is 0. The molecular formula is C39H48N2O6. The van der Waals surface area contributed by atoms with Crippen molar-refractivity contribution in [3.63, 3.8) is 0 Å². The van der Waals surface area contributed by atoms with Crippen LogP contribution in [0.2, 0.25) is 0 Å². The molecule has 4 unspecified atom stereocenters. The van der Waals surface area contributed by atoms with Gasteiger partial charge in [-0.3, -0.25) is 14.4 Å². The highest BCUT2D eigenvalue weighted by atomic mass is 16.5. The number of rotatable bonds is 21. The molecule has 0 aromatic heterocycles. The summed E-state index contributed by atoms with van der Waals surface area (Å²) in [6.07, 6.45) is 4.45. The van der Waals surface area contributed by atoms with E-state index in [1.165, 1.54) is 7.11 Å². The number of benzene rings is 3. The first-order valence-corrected chi connectivity index (χ1v) is 16.1. The number of carbonyl (C=O) groups excluding carboxylic acids is 3. The third-order valence-electron chi connectivity index (χ3n) is 7.97. The summed E-state index contributed by atoms with van der Waals surface area (Å²) in [5, 5.41) is 12.7. The van der Waals surface area contributed by atoms with Crippen LogP contribution in [0.5, 0.6) is 0 Å². The van der Waals surface area contributed by atoms with Gasteiger partial charge in [0.1, 0.15) is 6.10 Å². The molecule has 4 atom stereocenters. The first-order valence-electron chi connectivity index (χ1n) is 16.1. The first kappa shape index (κ1) is 36.9. The fraction of sp³-hybridized carbons (Fsp3) is 0.359. The predicted molar refractivity (Wildman–Crippen MR) is 184 cm³/mol. The molecule has 0 aliphatic carbocycles. The largest absolute Gasteiger partial charge is 0.455 e. The molecule has 0 fully saturated rings. The van der Waals surface area contributed by atoms with Crippen LogP contribution in [0.3, 0.4) is 0 Å². The number of amides is 2. The van der Waals surface area contributed by atoms with Crippen LogP contribution in [0.15, 0.2) is 116 Å². The first-order chi connectivity index (χ1) is 22.9. The van der Waals surface area contributed by atoms with Crippen LogP contribution < -0.4 is 5.32 Å². The van der Waals surface area contributed by atoms with Crippen molar-refractivity contribution in [3.05, 3.63) is 133 Å². The van der Waals surface area contributed by atoms with Gasteiger partial charge in [-0.05, 0) is 42.4 Å². The lowest BCUT2D eigenvalue weighted by Gasteiger charge is -2.31. The molecule has 250 valence electrons. The molecule has 8 heteroatoms. The van der Waals surface area contributed by atoms with Gasteiger partial charge in [-0.2, -0.15) is 0 Å². The van der Waals surface area contributed by atoms with Crippen LogP contribution in [-0.4, -0.2) is 60.7 Å². The van der Waals surface area contributed by atoms with E-state index in [1.54, 1.807) is 17.1 Å². The fourth-order valence-corrected chi connectivity index (χ4v) is 5.49. The molecule has 8 nitrogen and oxygen atoms in total. The van der Waals surface area contributed by atoms with E-state index in [0.717, 1.165) is 11.1 Å². The van der Waals surface area contributed by atoms with Crippen LogP contribution in [0, 0.1) is 11.8 Å². The zero-order valence-corrected chi connectivity index (χ0v) is 27.3. The molecule has 0 saturated carbocycles. The van der Waals surface area contributed by atoms with Gasteiger partial charge in [0.25, 0.3) is 0 Å². The number of ether oxygens (including phenoxy) is 2. The minimum Gasteiger partial charge on any atom is -0.455 e. The molecule has 0 aliphatic heterocycles. The molecule has 2 amide bonds. The Kier molecular flexibility index (Phi) is 16.2. The van der Waals surface area contributed by atoms with Gasteiger partial charge in [0.2, 0.25) is 11.8 Å². The zero-order valence-electron chi connectivity index (χ0n) is 27.3. The molecule has 3 aromatic rings. The number of aliphatic hydroxyl groups is 1. The number of methoxy groups -OCH3 is 1. The summed E-state index contributed by atoms with van der Waals surface area (Å²) in [4.78, 5) is 42.7. The Morgan fingerprint density at radius 2 is 1.49 bits per heavy atom. The Labute approximate surface area is 279 Å². The number of hydrogen-bond acceptors (Lipinski definition) is 6. The van der Waals surface area contributed by atoms with Crippen LogP contribution in [0.1, 0.15) is 48.5 Å². The Hall–Kier alpha value is -4.53. The number of aliphatic hydroxyl groups excluding tert-OH is 1. The van der Waals surface area contributed by atoms with Gasteiger partial charge < -0.3 is 24.8 Å². The number of esters is 1. The maximum Gasteiger partial charge on any atom is 0.309 e. The van der Waals surface area contributed by atoms with E-state index in [2.05, 4.69) is 18.5 Å². The zero-order chi connectivity index (χ0) is 33.9. The van der Waals surface area contributed by atoms with Gasteiger partial charge in [-0.15, -0.1) is 13.2 Å². The van der Waals surface area contributed by atoms with E-state index >= 15 is 0 Å². The summed E-state index contributed by atoms with van der Waals surface area (Å²) in [7, 11) is 1.52. The van der Waals surface area contributed by atoms with E-state index in [0.29, 0.717) is 31.4 Å². The standard InChI is InChI=1S/C39H48N2O6/c1-4-6-21-34(26-30-17-10-7-11-18-30)39(45)47-37(32-22-14-9-15-23-32)35(29-46-3)40-38(44)33(16-5-2)27-36(43)41(24-25-42)28-31-19-12-8-13-20-31/h4-5,7-15,17-20,22-23,33-35,37,42H,1-2,6,16,21,24-29H2,3H3,(H,40,44). The fourth-order valence-electron chi connectivity index (χ4n) is 5.49. The van der Waals surface area contributed by atoms with Crippen molar-refractivity contribution < 1.29 is 29.0 Å². The Balaban J connectivity index is 1.83. The van der Waals surface area contributed by atoms with Crippen molar-refractivity contribution in [2.75, 3.05) is 26.9 Å². The van der Waals surface area contributed by atoms with E-state index in [-0.39, 0.29) is 50.4 Å². The predicted octanol–water partition coefficient (Wildman–Crippen LogP) is 5.83. The molecule has 0 spiro atoms. The SMILES string of the molecule is C=CCCC(Cc1ccccc1)C(=O)OC(c1ccccc1)C(COC)NC(=O)C(CC=C)CC(=O)N(CCO)Cc1ccccc1. The molecular weight excluding hydrogens is 592 g/mol. The monoisotopic (exact) mass is 640 g/mol. The number of nitrogens with zero attached hydrogens (tertiary/aromatic N) is 1. The average Bonchev–Trinajstić information content (AvgIpc) is 3.09. The summed E-state index contributed by atoms with van der Waals surface area (Å²) in [5.74, 6) is -2.17. The smallest absolute Gasteiger partial charge is 0.309 e. The second-order valence-corrected chi connectivity index (χ2v) is 11.5. The van der Waals surface area contributed by atoms with Crippen molar-refractivity contribution in [1.29, 1.82) is 0 Å². The van der Waals surface area contributed by atoms with Gasteiger partial charge in [0.05, 0.1) is 31.1 Å². The molecule has 2 N–H and O–H groups in total. The summed E-state index contributed by atoms with van der Waals surface area (Å²) in [6, 6.07) is 27.8. The minimum atomic E-state index is -0.848. The van der Waals surface area contributed by atoms with Crippen LogP contribution in [0.4, 0.5) is 0 Å². The Morgan fingerprint density at radius 1 is 0.872 bits per heavy atom. The molecule has 3 aromatic carbocycles. The highest BCUT2D eigenvalue weighted by molar-refractivity contribution is 5.86. The Morgan fingerprint density at radius 3 is 2.06 bits per heavy atom. The molecule has 3 rings (SSSR count). The highest BCUT2D eigenvalue weighted by Gasteiger charge is 2.33. The maximum atomic E-state index is 13.8. The van der Waals surface area contributed by atoms with Gasteiger partial charge >= 0.3 is 5.97 Å². The topological polar surface area (TPSA) is 105 Å². The molecule has 0 radical (unpaired) electrons. The summed E-state index contributed by atoms with van der Waals surface area (Å²) in [6.45, 7) is 7.96.